The van der Waals surface area contributed by atoms with Crippen LogP contribution in [0.3, 0.4) is 0 Å². The molecule has 5 N–H and O–H groups in total. The Morgan fingerprint density at radius 3 is 2.62 bits per heavy atom. The van der Waals surface area contributed by atoms with Crippen molar-refractivity contribution >= 4 is 22.9 Å². The lowest BCUT2D eigenvalue weighted by Crippen LogP contribution is -2.34. The van der Waals surface area contributed by atoms with Crippen LogP contribution in [0.4, 0.5) is 11.8 Å². The second-order valence-electron chi connectivity index (χ2n) is 7.10. The van der Waals surface area contributed by atoms with Gasteiger partial charge in [-0.1, -0.05) is 30.3 Å². The molecule has 2 aromatic heterocycles. The number of likely N-dealkylation sites (N-methyl/N-ethyl adjacent to an activating group) is 1. The van der Waals surface area contributed by atoms with Gasteiger partial charge in [0.25, 0.3) is 0 Å². The van der Waals surface area contributed by atoms with Crippen molar-refractivity contribution in [1.29, 1.82) is 0 Å². The minimum atomic E-state index is -1.26. The third-order valence-electron chi connectivity index (χ3n) is 5.18. The summed E-state index contributed by atoms with van der Waals surface area (Å²) < 4.78 is 7.33. The second-order valence-corrected chi connectivity index (χ2v) is 7.10. The van der Waals surface area contributed by atoms with Crippen molar-refractivity contribution in [3.8, 4) is 0 Å². The largest absolute Gasteiger partial charge is 0.394 e. The smallest absolute Gasteiger partial charge is 0.209 e. The van der Waals surface area contributed by atoms with E-state index in [9.17, 15) is 15.3 Å². The Bertz CT molecular complexity index is 981. The lowest BCUT2D eigenvalue weighted by atomic mass is 10.1. The Morgan fingerprint density at radius 2 is 1.93 bits per heavy atom. The third-order valence-corrected chi connectivity index (χ3v) is 5.18. The maximum absolute atomic E-state index is 10.5. The van der Waals surface area contributed by atoms with Crippen LogP contribution in [-0.2, 0) is 11.2 Å². The number of aliphatic hydroxyl groups excluding tert-OH is 3. The molecule has 10 heteroatoms. The molecule has 1 fully saturated rings. The standard InChI is InChI=1S/C19H24N6O4/c1-24(8-7-11-5-3-2-4-6-11)19-23-13-16(20)21-10-22-17(13)25(19)18-15(28)14(27)12(9-26)29-18/h2-6,10,12,14-15,18,26-28H,7-9H2,1H3,(H2,20,21,22)/t12-,14?,15?,18-/m1/s1. The first kappa shape index (κ1) is 19.5. The molecule has 0 saturated carbocycles. The summed E-state index contributed by atoms with van der Waals surface area (Å²) in [6, 6.07) is 10.0. The van der Waals surface area contributed by atoms with E-state index >= 15 is 0 Å². The number of benzene rings is 1. The number of aliphatic hydroxyl groups is 3. The maximum Gasteiger partial charge on any atom is 0.209 e. The Balaban J connectivity index is 1.71. The van der Waals surface area contributed by atoms with Crippen molar-refractivity contribution in [2.75, 3.05) is 30.8 Å². The SMILES string of the molecule is CN(CCc1ccccc1)c1nc2c(N)ncnc2n1[C@@H]1O[C@H](CO)C(O)C1O. The lowest BCUT2D eigenvalue weighted by molar-refractivity contribution is -0.0504. The van der Waals surface area contributed by atoms with Gasteiger partial charge in [-0.3, -0.25) is 4.57 Å². The summed E-state index contributed by atoms with van der Waals surface area (Å²) in [5.41, 5.74) is 7.92. The fourth-order valence-corrected chi connectivity index (χ4v) is 3.55. The summed E-state index contributed by atoms with van der Waals surface area (Å²) in [5, 5.41) is 30.2. The summed E-state index contributed by atoms with van der Waals surface area (Å²) >= 11 is 0. The molecule has 1 aliphatic heterocycles. The van der Waals surface area contributed by atoms with E-state index in [4.69, 9.17) is 10.5 Å². The summed E-state index contributed by atoms with van der Waals surface area (Å²) in [5.74, 6) is 0.677. The highest BCUT2D eigenvalue weighted by Gasteiger charge is 2.45. The van der Waals surface area contributed by atoms with Gasteiger partial charge in [0.1, 0.15) is 24.6 Å². The number of rotatable bonds is 6. The molecule has 10 nitrogen and oxygen atoms in total. The van der Waals surface area contributed by atoms with Gasteiger partial charge in [0.2, 0.25) is 5.95 Å². The minimum Gasteiger partial charge on any atom is -0.394 e. The highest BCUT2D eigenvalue weighted by atomic mass is 16.6. The molecule has 0 bridgehead atoms. The molecule has 3 aromatic rings. The predicted octanol–water partition coefficient (Wildman–Crippen LogP) is -0.301. The Morgan fingerprint density at radius 1 is 1.17 bits per heavy atom. The zero-order chi connectivity index (χ0) is 20.5. The van der Waals surface area contributed by atoms with Crippen LogP contribution in [0.1, 0.15) is 11.8 Å². The van der Waals surface area contributed by atoms with Gasteiger partial charge in [0.05, 0.1) is 6.61 Å². The molecule has 0 radical (unpaired) electrons. The van der Waals surface area contributed by atoms with Crippen LogP contribution in [0.25, 0.3) is 11.2 Å². The molecule has 0 amide bonds. The van der Waals surface area contributed by atoms with Crippen molar-refractivity contribution < 1.29 is 20.1 Å². The van der Waals surface area contributed by atoms with Crippen molar-refractivity contribution in [3.05, 3.63) is 42.2 Å². The van der Waals surface area contributed by atoms with E-state index in [1.807, 2.05) is 42.3 Å². The molecule has 0 aliphatic carbocycles. The van der Waals surface area contributed by atoms with Crippen molar-refractivity contribution in [2.45, 2.75) is 31.0 Å². The van der Waals surface area contributed by atoms with Gasteiger partial charge in [0.15, 0.2) is 23.2 Å². The molecular formula is C19H24N6O4. The van der Waals surface area contributed by atoms with Crippen LogP contribution in [0.5, 0.6) is 0 Å². The highest BCUT2D eigenvalue weighted by molar-refractivity contribution is 5.84. The fraction of sp³-hybridized carbons (Fsp3) is 0.421. The van der Waals surface area contributed by atoms with Gasteiger partial charge >= 0.3 is 0 Å². The summed E-state index contributed by atoms with van der Waals surface area (Å²) in [7, 11) is 1.87. The number of nitrogen functional groups attached to an aromatic ring is 1. The molecule has 1 aliphatic rings. The monoisotopic (exact) mass is 400 g/mol. The first-order chi connectivity index (χ1) is 14.0. The normalized spacial score (nSPS) is 24.3. The number of fused-ring (bicyclic) bond motifs is 1. The van der Waals surface area contributed by atoms with Crippen LogP contribution < -0.4 is 10.6 Å². The van der Waals surface area contributed by atoms with Crippen LogP contribution in [0.2, 0.25) is 0 Å². The molecule has 4 rings (SSSR count). The van der Waals surface area contributed by atoms with Crippen LogP contribution in [0.15, 0.2) is 36.7 Å². The van der Waals surface area contributed by atoms with Gasteiger partial charge < -0.3 is 30.7 Å². The van der Waals surface area contributed by atoms with E-state index in [-0.39, 0.29) is 5.82 Å². The second kappa shape index (κ2) is 7.91. The third kappa shape index (κ3) is 3.51. The molecule has 0 spiro atoms. The first-order valence-electron chi connectivity index (χ1n) is 9.37. The number of aromatic nitrogens is 4. The number of nitrogens with zero attached hydrogens (tertiary/aromatic N) is 5. The van der Waals surface area contributed by atoms with Gasteiger partial charge in [0, 0.05) is 13.6 Å². The van der Waals surface area contributed by atoms with Crippen LogP contribution in [0, 0.1) is 0 Å². The number of hydrogen-bond acceptors (Lipinski definition) is 9. The zero-order valence-electron chi connectivity index (χ0n) is 16.0. The zero-order valence-corrected chi connectivity index (χ0v) is 16.0. The summed E-state index contributed by atoms with van der Waals surface area (Å²) in [6.07, 6.45) is -2.29. The van der Waals surface area contributed by atoms with Crippen molar-refractivity contribution in [2.24, 2.45) is 0 Å². The number of nitrogens with two attached hydrogens (primary N) is 1. The van der Waals surface area contributed by atoms with Crippen molar-refractivity contribution in [3.63, 3.8) is 0 Å². The van der Waals surface area contributed by atoms with Crippen LogP contribution in [-0.4, -0.2) is 73.3 Å². The number of ether oxygens (including phenoxy) is 1. The topological polar surface area (TPSA) is 143 Å². The van der Waals surface area contributed by atoms with E-state index < -0.39 is 31.1 Å². The molecule has 29 heavy (non-hydrogen) atoms. The first-order valence-corrected chi connectivity index (χ1v) is 9.37. The van der Waals surface area contributed by atoms with Gasteiger partial charge in [-0.05, 0) is 12.0 Å². The summed E-state index contributed by atoms with van der Waals surface area (Å²) in [6.45, 7) is 0.215. The average molecular weight is 400 g/mol. The quantitative estimate of drug-likeness (QED) is 0.438. The van der Waals surface area contributed by atoms with Gasteiger partial charge in [-0.15, -0.1) is 0 Å². The van der Waals surface area contributed by atoms with Crippen LogP contribution >= 0.6 is 0 Å². The molecule has 4 atom stereocenters. The van der Waals surface area contributed by atoms with Gasteiger partial charge in [-0.25, -0.2) is 15.0 Å². The Kier molecular flexibility index (Phi) is 5.33. The fourth-order valence-electron chi connectivity index (χ4n) is 3.55. The number of imidazole rings is 1. The molecule has 1 saturated heterocycles. The van der Waals surface area contributed by atoms with Crippen molar-refractivity contribution in [1.82, 2.24) is 19.5 Å². The van der Waals surface area contributed by atoms with Gasteiger partial charge in [-0.2, -0.15) is 0 Å². The Hall–Kier alpha value is -2.79. The molecule has 1 aromatic carbocycles. The van der Waals surface area contributed by atoms with E-state index in [0.717, 1.165) is 6.42 Å². The predicted molar refractivity (Wildman–Crippen MR) is 106 cm³/mol. The highest BCUT2D eigenvalue weighted by Crippen LogP contribution is 2.36. The average Bonchev–Trinajstić information content (AvgIpc) is 3.26. The molecule has 154 valence electrons. The van der Waals surface area contributed by atoms with E-state index in [1.54, 1.807) is 4.57 Å². The maximum atomic E-state index is 10.5. The molecule has 2 unspecified atom stereocenters. The lowest BCUT2D eigenvalue weighted by Gasteiger charge is -2.24. The number of anilines is 2. The Labute approximate surface area is 167 Å². The summed E-state index contributed by atoms with van der Waals surface area (Å²) in [4.78, 5) is 14.7. The minimum absolute atomic E-state index is 0.207. The van der Waals surface area contributed by atoms with E-state index in [1.165, 1.54) is 11.9 Å². The molecule has 3 heterocycles. The molecular weight excluding hydrogens is 376 g/mol. The van der Waals surface area contributed by atoms with E-state index in [0.29, 0.717) is 23.7 Å². The van der Waals surface area contributed by atoms with E-state index in [2.05, 4.69) is 15.0 Å². The number of hydrogen-bond donors (Lipinski definition) is 4.